The van der Waals surface area contributed by atoms with Gasteiger partial charge in [0.1, 0.15) is 5.69 Å². The van der Waals surface area contributed by atoms with Crippen LogP contribution in [0.25, 0.3) is 11.3 Å². The Kier molecular flexibility index (Phi) is 6.02. The van der Waals surface area contributed by atoms with Crippen LogP contribution in [0.3, 0.4) is 0 Å². The first-order valence-corrected chi connectivity index (χ1v) is 9.34. The number of thiophene rings is 1. The molecular formula is C17H22N4O4S. The van der Waals surface area contributed by atoms with Crippen molar-refractivity contribution >= 4 is 23.2 Å². The molecule has 140 valence electrons. The highest BCUT2D eigenvalue weighted by atomic mass is 32.1. The maximum atomic E-state index is 12.7. The number of piperidine rings is 1. The van der Waals surface area contributed by atoms with Crippen LogP contribution in [0, 0.1) is 0 Å². The second-order valence-electron chi connectivity index (χ2n) is 6.29. The number of carbonyl (C=O) groups excluding carboxylic acids is 2. The summed E-state index contributed by atoms with van der Waals surface area (Å²) in [6.45, 7) is 0.917. The molecule has 2 amide bonds. The molecule has 8 nitrogen and oxygen atoms in total. The third-order valence-electron chi connectivity index (χ3n) is 4.24. The van der Waals surface area contributed by atoms with Gasteiger partial charge in [-0.3, -0.25) is 14.7 Å². The van der Waals surface area contributed by atoms with Gasteiger partial charge >= 0.3 is 0 Å². The Morgan fingerprint density at radius 1 is 1.50 bits per heavy atom. The molecule has 0 bridgehead atoms. The third kappa shape index (κ3) is 4.48. The molecular weight excluding hydrogens is 356 g/mol. The maximum absolute atomic E-state index is 12.7. The van der Waals surface area contributed by atoms with Gasteiger partial charge in [-0.25, -0.2) is 0 Å². The Morgan fingerprint density at radius 3 is 3.08 bits per heavy atom. The van der Waals surface area contributed by atoms with Crippen molar-refractivity contribution in [3.63, 3.8) is 0 Å². The summed E-state index contributed by atoms with van der Waals surface area (Å²) in [5, 5.41) is 23.8. The Hall–Kier alpha value is -2.23. The van der Waals surface area contributed by atoms with E-state index in [1.165, 1.54) is 7.11 Å². The molecule has 1 aliphatic heterocycles. The molecule has 3 rings (SSSR count). The van der Waals surface area contributed by atoms with Crippen LogP contribution in [-0.2, 0) is 9.53 Å². The van der Waals surface area contributed by atoms with Crippen molar-refractivity contribution in [1.29, 1.82) is 0 Å². The van der Waals surface area contributed by atoms with Crippen LogP contribution in [0.1, 0.15) is 23.3 Å². The van der Waals surface area contributed by atoms with Crippen molar-refractivity contribution in [1.82, 2.24) is 20.4 Å². The number of aliphatic hydroxyl groups excluding tert-OH is 1. The number of aromatic amines is 1. The van der Waals surface area contributed by atoms with Gasteiger partial charge < -0.3 is 20.1 Å². The van der Waals surface area contributed by atoms with Gasteiger partial charge in [-0.05, 0) is 23.9 Å². The number of amides is 2. The van der Waals surface area contributed by atoms with E-state index in [0.717, 1.165) is 5.56 Å². The van der Waals surface area contributed by atoms with Crippen molar-refractivity contribution in [2.75, 3.05) is 26.8 Å². The summed E-state index contributed by atoms with van der Waals surface area (Å²) in [5.41, 5.74) is 2.02. The molecule has 0 radical (unpaired) electrons. The zero-order valence-electron chi connectivity index (χ0n) is 14.5. The number of methoxy groups -OCH3 is 1. The smallest absolute Gasteiger partial charge is 0.272 e. The molecule has 3 heterocycles. The second kappa shape index (κ2) is 8.43. The van der Waals surface area contributed by atoms with Crippen LogP contribution in [0.5, 0.6) is 0 Å². The van der Waals surface area contributed by atoms with Gasteiger partial charge in [0.15, 0.2) is 0 Å². The zero-order chi connectivity index (χ0) is 18.5. The quantitative estimate of drug-likeness (QED) is 0.691. The lowest BCUT2D eigenvalue weighted by atomic mass is 10.0. The summed E-state index contributed by atoms with van der Waals surface area (Å²) in [7, 11) is 1.53. The fourth-order valence-corrected chi connectivity index (χ4v) is 3.65. The Balaban J connectivity index is 1.64. The van der Waals surface area contributed by atoms with Crippen LogP contribution >= 0.6 is 11.3 Å². The van der Waals surface area contributed by atoms with Gasteiger partial charge in [-0.1, -0.05) is 0 Å². The number of hydrogen-bond donors (Lipinski definition) is 3. The van der Waals surface area contributed by atoms with Crippen molar-refractivity contribution in [2.45, 2.75) is 25.0 Å². The van der Waals surface area contributed by atoms with E-state index in [0.29, 0.717) is 31.0 Å². The third-order valence-corrected chi connectivity index (χ3v) is 4.92. The highest BCUT2D eigenvalue weighted by Gasteiger charge is 2.31. The van der Waals surface area contributed by atoms with E-state index in [9.17, 15) is 14.7 Å². The molecule has 0 saturated carbocycles. The van der Waals surface area contributed by atoms with Crippen LogP contribution in [0.15, 0.2) is 22.9 Å². The molecule has 2 aromatic heterocycles. The van der Waals surface area contributed by atoms with Gasteiger partial charge in [0.25, 0.3) is 5.91 Å². The van der Waals surface area contributed by atoms with Gasteiger partial charge in [0.2, 0.25) is 5.91 Å². The molecule has 1 saturated heterocycles. The molecule has 1 fully saturated rings. The summed E-state index contributed by atoms with van der Waals surface area (Å²) in [5.74, 6) is -0.395. The van der Waals surface area contributed by atoms with E-state index >= 15 is 0 Å². The van der Waals surface area contributed by atoms with Crippen LogP contribution in [0.2, 0.25) is 0 Å². The van der Waals surface area contributed by atoms with Gasteiger partial charge in [0, 0.05) is 43.6 Å². The monoisotopic (exact) mass is 378 g/mol. The number of ether oxygens (including phenoxy) is 1. The molecule has 0 aliphatic carbocycles. The van der Waals surface area contributed by atoms with Crippen LogP contribution in [0.4, 0.5) is 0 Å². The first-order valence-electron chi connectivity index (χ1n) is 8.40. The van der Waals surface area contributed by atoms with Crippen molar-refractivity contribution in [3.05, 3.63) is 28.6 Å². The minimum absolute atomic E-state index is 0.153. The molecule has 3 N–H and O–H groups in total. The zero-order valence-corrected chi connectivity index (χ0v) is 15.3. The lowest BCUT2D eigenvalue weighted by Crippen LogP contribution is -2.54. The number of nitrogens with one attached hydrogen (secondary N) is 2. The standard InChI is InChI=1S/C17H22N4O4S/c1-25-4-2-16(23)18-12-6-13(22)9-21(8-12)17(24)15-7-14(19-20-15)11-3-5-26-10-11/h3,5,7,10,12-13,22H,2,4,6,8-9H2,1H3,(H,18,23)(H,19,20)/t12-,13+/m0/s1. The number of H-pyrrole nitrogens is 1. The van der Waals surface area contributed by atoms with Gasteiger partial charge in [0.05, 0.1) is 18.4 Å². The molecule has 2 atom stereocenters. The SMILES string of the molecule is COCCC(=O)N[C@H]1C[C@@H](O)CN(C(=O)c2cc(-c3ccsc3)n[nH]2)C1. The normalized spacial score (nSPS) is 20.2. The van der Waals surface area contributed by atoms with Gasteiger partial charge in [-0.15, -0.1) is 0 Å². The highest BCUT2D eigenvalue weighted by Crippen LogP contribution is 2.21. The number of nitrogens with zero attached hydrogens (tertiary/aromatic N) is 2. The van der Waals surface area contributed by atoms with Crippen molar-refractivity contribution in [2.24, 2.45) is 0 Å². The largest absolute Gasteiger partial charge is 0.391 e. The molecule has 26 heavy (non-hydrogen) atoms. The molecule has 9 heteroatoms. The minimum Gasteiger partial charge on any atom is -0.391 e. The lowest BCUT2D eigenvalue weighted by Gasteiger charge is -2.35. The predicted octanol–water partition coefficient (Wildman–Crippen LogP) is 0.866. The van der Waals surface area contributed by atoms with Crippen LogP contribution in [-0.4, -0.2) is 71.0 Å². The first-order chi connectivity index (χ1) is 12.6. The summed E-state index contributed by atoms with van der Waals surface area (Å²) in [4.78, 5) is 26.2. The van der Waals surface area contributed by atoms with Crippen molar-refractivity contribution < 1.29 is 19.4 Å². The Bertz CT molecular complexity index is 746. The molecule has 1 aliphatic rings. The molecule has 2 aromatic rings. The topological polar surface area (TPSA) is 108 Å². The highest BCUT2D eigenvalue weighted by molar-refractivity contribution is 7.08. The fraction of sp³-hybridized carbons (Fsp3) is 0.471. The second-order valence-corrected chi connectivity index (χ2v) is 7.07. The molecule has 0 aromatic carbocycles. The summed E-state index contributed by atoms with van der Waals surface area (Å²) in [6.07, 6.45) is -0.00701. The number of β-amino-alcohol motifs (C(OH)–C–C–N with tert-alkyl or cyclic N) is 1. The van der Waals surface area contributed by atoms with Gasteiger partial charge in [-0.2, -0.15) is 16.4 Å². The number of hydrogen-bond acceptors (Lipinski definition) is 6. The van der Waals surface area contributed by atoms with E-state index in [-0.39, 0.29) is 30.8 Å². The maximum Gasteiger partial charge on any atom is 0.272 e. The predicted molar refractivity (Wildman–Crippen MR) is 96.9 cm³/mol. The average molecular weight is 378 g/mol. The van der Waals surface area contributed by atoms with E-state index < -0.39 is 6.10 Å². The summed E-state index contributed by atoms with van der Waals surface area (Å²) >= 11 is 1.56. The minimum atomic E-state index is -0.681. The summed E-state index contributed by atoms with van der Waals surface area (Å²) < 4.78 is 4.89. The first kappa shape index (κ1) is 18.6. The number of aliphatic hydroxyl groups is 1. The average Bonchev–Trinajstić information content (AvgIpc) is 3.29. The summed E-state index contributed by atoms with van der Waals surface area (Å²) in [6, 6.07) is 3.36. The Labute approximate surface area is 155 Å². The lowest BCUT2D eigenvalue weighted by molar-refractivity contribution is -0.123. The van der Waals surface area contributed by atoms with E-state index in [2.05, 4.69) is 15.5 Å². The van der Waals surface area contributed by atoms with E-state index in [1.807, 2.05) is 16.8 Å². The van der Waals surface area contributed by atoms with E-state index in [1.54, 1.807) is 22.3 Å². The van der Waals surface area contributed by atoms with Crippen molar-refractivity contribution in [3.8, 4) is 11.3 Å². The number of aromatic nitrogens is 2. The molecule has 0 unspecified atom stereocenters. The van der Waals surface area contributed by atoms with Crippen LogP contribution < -0.4 is 5.32 Å². The molecule has 0 spiro atoms. The number of carbonyl (C=O) groups is 2. The van der Waals surface area contributed by atoms with E-state index in [4.69, 9.17) is 4.74 Å². The number of rotatable bonds is 6. The Morgan fingerprint density at radius 2 is 2.35 bits per heavy atom. The fourth-order valence-electron chi connectivity index (χ4n) is 3.00. The number of likely N-dealkylation sites (tertiary alicyclic amines) is 1.